The van der Waals surface area contributed by atoms with E-state index in [1.54, 1.807) is 0 Å². The first-order valence-corrected chi connectivity index (χ1v) is 5.06. The Balaban J connectivity index is 2.38. The quantitative estimate of drug-likeness (QED) is 0.622. The summed E-state index contributed by atoms with van der Waals surface area (Å²) in [6.07, 6.45) is -1.19. The highest BCUT2D eigenvalue weighted by Gasteiger charge is 2.34. The molecule has 0 bridgehead atoms. The molecule has 0 amide bonds. The van der Waals surface area contributed by atoms with Crippen LogP contribution >= 0.6 is 0 Å². The van der Waals surface area contributed by atoms with Crippen LogP contribution < -0.4 is 0 Å². The largest absolute Gasteiger partial charge is 0.419 e. The van der Waals surface area contributed by atoms with E-state index in [9.17, 15) is 22.4 Å². The maximum absolute atomic E-state index is 13.3. The van der Waals surface area contributed by atoms with Gasteiger partial charge in [-0.05, 0) is 12.1 Å². The van der Waals surface area contributed by atoms with Crippen molar-refractivity contribution in [2.45, 2.75) is 6.18 Å². The minimum absolute atomic E-state index is 0.0710. The summed E-state index contributed by atoms with van der Waals surface area (Å²) < 4.78 is 50.4. The molecule has 2 rings (SSSR count). The van der Waals surface area contributed by atoms with Gasteiger partial charge in [0.15, 0.2) is 5.78 Å². The standard InChI is InChI=1S/C12H6F4N2O/c13-10-3-7(1-2-9(10)12(14,15)16)11(19)8-4-17-6-18-5-8/h1-6H. The number of ketones is 1. The second-order valence-corrected chi connectivity index (χ2v) is 3.65. The van der Waals surface area contributed by atoms with Crippen molar-refractivity contribution in [2.75, 3.05) is 0 Å². The average Bonchev–Trinajstić information content (AvgIpc) is 2.37. The highest BCUT2D eigenvalue weighted by molar-refractivity contribution is 6.08. The van der Waals surface area contributed by atoms with Crippen LogP contribution in [0.25, 0.3) is 0 Å². The maximum Gasteiger partial charge on any atom is 0.419 e. The van der Waals surface area contributed by atoms with Gasteiger partial charge in [0, 0.05) is 18.0 Å². The van der Waals surface area contributed by atoms with E-state index in [2.05, 4.69) is 9.97 Å². The number of carbonyl (C=O) groups excluding carboxylic acids is 1. The normalized spacial score (nSPS) is 11.4. The fourth-order valence-electron chi connectivity index (χ4n) is 1.47. The second-order valence-electron chi connectivity index (χ2n) is 3.65. The number of nitrogens with zero attached hydrogens (tertiary/aromatic N) is 2. The zero-order chi connectivity index (χ0) is 14.0. The SMILES string of the molecule is O=C(c1cncnc1)c1ccc(C(F)(F)F)c(F)c1. The molecule has 1 aromatic carbocycles. The van der Waals surface area contributed by atoms with Gasteiger partial charge in [-0.1, -0.05) is 6.07 Å². The molecule has 0 aliphatic rings. The number of halogens is 4. The molecule has 1 heterocycles. The molecule has 0 atom stereocenters. The van der Waals surface area contributed by atoms with E-state index in [1.165, 1.54) is 18.7 Å². The third kappa shape index (κ3) is 2.75. The third-order valence-corrected chi connectivity index (χ3v) is 2.36. The lowest BCUT2D eigenvalue weighted by molar-refractivity contribution is -0.140. The van der Waals surface area contributed by atoms with Gasteiger partial charge >= 0.3 is 6.18 Å². The van der Waals surface area contributed by atoms with Crippen molar-refractivity contribution in [2.24, 2.45) is 0 Å². The fourth-order valence-corrected chi connectivity index (χ4v) is 1.47. The van der Waals surface area contributed by atoms with Crippen LogP contribution in [0.3, 0.4) is 0 Å². The van der Waals surface area contributed by atoms with Crippen LogP contribution in [-0.4, -0.2) is 15.8 Å². The lowest BCUT2D eigenvalue weighted by Gasteiger charge is -2.08. The molecule has 0 aliphatic heterocycles. The number of alkyl halides is 3. The van der Waals surface area contributed by atoms with E-state index in [4.69, 9.17) is 0 Å². The van der Waals surface area contributed by atoms with Crippen LogP contribution in [0.5, 0.6) is 0 Å². The number of benzene rings is 1. The molecule has 0 unspecified atom stereocenters. The zero-order valence-corrected chi connectivity index (χ0v) is 9.28. The Labute approximate surface area is 104 Å². The first kappa shape index (κ1) is 13.1. The molecule has 7 heteroatoms. The summed E-state index contributed by atoms with van der Waals surface area (Å²) in [7, 11) is 0. The summed E-state index contributed by atoms with van der Waals surface area (Å²) in [5.41, 5.74) is -1.53. The van der Waals surface area contributed by atoms with Gasteiger partial charge in [0.2, 0.25) is 0 Å². The second kappa shape index (κ2) is 4.75. The van der Waals surface area contributed by atoms with Gasteiger partial charge in [0.1, 0.15) is 12.1 Å². The Morgan fingerprint density at radius 2 is 1.68 bits per heavy atom. The van der Waals surface area contributed by atoms with Crippen molar-refractivity contribution in [1.29, 1.82) is 0 Å². The van der Waals surface area contributed by atoms with Gasteiger partial charge in [0.25, 0.3) is 0 Å². The molecule has 0 spiro atoms. The van der Waals surface area contributed by atoms with Gasteiger partial charge in [0.05, 0.1) is 11.1 Å². The minimum Gasteiger partial charge on any atom is -0.288 e. The average molecular weight is 270 g/mol. The lowest BCUT2D eigenvalue weighted by Crippen LogP contribution is -2.10. The van der Waals surface area contributed by atoms with Crippen molar-refractivity contribution in [3.63, 3.8) is 0 Å². The Kier molecular flexibility index (Phi) is 3.28. The Morgan fingerprint density at radius 1 is 1.05 bits per heavy atom. The van der Waals surface area contributed by atoms with Gasteiger partial charge in [-0.3, -0.25) is 4.79 Å². The monoisotopic (exact) mass is 270 g/mol. The summed E-state index contributed by atoms with van der Waals surface area (Å²) in [6.45, 7) is 0. The van der Waals surface area contributed by atoms with E-state index in [1.807, 2.05) is 0 Å². The summed E-state index contributed by atoms with van der Waals surface area (Å²) in [5.74, 6) is -2.14. The molecule has 19 heavy (non-hydrogen) atoms. The topological polar surface area (TPSA) is 42.9 Å². The number of carbonyl (C=O) groups is 1. The van der Waals surface area contributed by atoms with E-state index in [0.717, 1.165) is 6.07 Å². The van der Waals surface area contributed by atoms with Crippen molar-refractivity contribution in [1.82, 2.24) is 9.97 Å². The predicted octanol–water partition coefficient (Wildman–Crippen LogP) is 2.87. The number of hydrogen-bond acceptors (Lipinski definition) is 3. The van der Waals surface area contributed by atoms with Crippen LogP contribution in [0.15, 0.2) is 36.9 Å². The first-order valence-electron chi connectivity index (χ1n) is 5.06. The van der Waals surface area contributed by atoms with E-state index in [-0.39, 0.29) is 11.1 Å². The highest BCUT2D eigenvalue weighted by atomic mass is 19.4. The van der Waals surface area contributed by atoms with Gasteiger partial charge in [-0.15, -0.1) is 0 Å². The van der Waals surface area contributed by atoms with Crippen LogP contribution in [0.4, 0.5) is 17.6 Å². The third-order valence-electron chi connectivity index (χ3n) is 2.36. The summed E-state index contributed by atoms with van der Waals surface area (Å²) >= 11 is 0. The molecule has 98 valence electrons. The molecule has 0 radical (unpaired) electrons. The van der Waals surface area contributed by atoms with E-state index < -0.39 is 23.3 Å². The van der Waals surface area contributed by atoms with Crippen molar-refractivity contribution < 1.29 is 22.4 Å². The van der Waals surface area contributed by atoms with Crippen molar-refractivity contribution in [3.8, 4) is 0 Å². The molecule has 0 fully saturated rings. The fraction of sp³-hybridized carbons (Fsp3) is 0.0833. The molecular weight excluding hydrogens is 264 g/mol. The molecule has 0 aliphatic carbocycles. The Bertz CT molecular complexity index is 611. The number of rotatable bonds is 2. The molecule has 0 saturated heterocycles. The zero-order valence-electron chi connectivity index (χ0n) is 9.28. The van der Waals surface area contributed by atoms with Crippen LogP contribution in [0.2, 0.25) is 0 Å². The summed E-state index contributed by atoms with van der Waals surface area (Å²) in [5, 5.41) is 0. The molecule has 2 aromatic rings. The van der Waals surface area contributed by atoms with Crippen molar-refractivity contribution >= 4 is 5.78 Å². The Hall–Kier alpha value is -2.31. The maximum atomic E-state index is 13.3. The highest BCUT2D eigenvalue weighted by Crippen LogP contribution is 2.31. The van der Waals surface area contributed by atoms with Crippen LogP contribution in [-0.2, 0) is 6.18 Å². The summed E-state index contributed by atoms with van der Waals surface area (Å²) in [6, 6.07) is 2.01. The number of hydrogen-bond donors (Lipinski definition) is 0. The lowest BCUT2D eigenvalue weighted by atomic mass is 10.0. The molecule has 0 N–H and O–H groups in total. The number of aromatic nitrogens is 2. The molecule has 1 aromatic heterocycles. The smallest absolute Gasteiger partial charge is 0.288 e. The first-order chi connectivity index (χ1) is 8.89. The van der Waals surface area contributed by atoms with E-state index >= 15 is 0 Å². The van der Waals surface area contributed by atoms with E-state index in [0.29, 0.717) is 12.1 Å². The summed E-state index contributed by atoms with van der Waals surface area (Å²) in [4.78, 5) is 19.0. The van der Waals surface area contributed by atoms with Gasteiger partial charge in [-0.2, -0.15) is 13.2 Å². The predicted molar refractivity (Wildman–Crippen MR) is 56.9 cm³/mol. The molecule has 3 nitrogen and oxygen atoms in total. The van der Waals surface area contributed by atoms with Gasteiger partial charge in [-0.25, -0.2) is 14.4 Å². The minimum atomic E-state index is -4.79. The Morgan fingerprint density at radius 3 is 2.21 bits per heavy atom. The molecule has 0 saturated carbocycles. The van der Waals surface area contributed by atoms with Crippen LogP contribution in [0, 0.1) is 5.82 Å². The van der Waals surface area contributed by atoms with Crippen LogP contribution in [0.1, 0.15) is 21.5 Å². The van der Waals surface area contributed by atoms with Crippen molar-refractivity contribution in [3.05, 3.63) is 59.4 Å². The molecular formula is C12H6F4N2O. The van der Waals surface area contributed by atoms with Gasteiger partial charge < -0.3 is 0 Å².